The summed E-state index contributed by atoms with van der Waals surface area (Å²) in [6.07, 6.45) is 5.80. The van der Waals surface area contributed by atoms with Crippen molar-refractivity contribution in [3.8, 4) is 0 Å². The number of alkyl halides is 1. The van der Waals surface area contributed by atoms with Crippen molar-refractivity contribution in [2.45, 2.75) is 45.1 Å². The zero-order valence-electron chi connectivity index (χ0n) is 11.2. The Labute approximate surface area is 118 Å². The first-order valence-corrected chi connectivity index (χ1v) is 8.28. The maximum Gasteiger partial charge on any atom is 0.223 e. The van der Waals surface area contributed by atoms with Gasteiger partial charge in [-0.25, -0.2) is 0 Å². The van der Waals surface area contributed by atoms with Crippen LogP contribution in [-0.4, -0.2) is 30.5 Å². The van der Waals surface area contributed by atoms with Crippen LogP contribution in [0.1, 0.15) is 39.0 Å². The minimum atomic E-state index is 0.150. The van der Waals surface area contributed by atoms with Crippen LogP contribution in [0.5, 0.6) is 0 Å². The largest absolute Gasteiger partial charge is 0.381 e. The highest BCUT2D eigenvalue weighted by molar-refractivity contribution is 9.09. The van der Waals surface area contributed by atoms with Gasteiger partial charge in [-0.2, -0.15) is 0 Å². The fourth-order valence-electron chi connectivity index (χ4n) is 3.14. The lowest BCUT2D eigenvalue weighted by Crippen LogP contribution is -2.47. The Bertz CT molecular complexity index is 285. The Morgan fingerprint density at radius 2 is 2.11 bits per heavy atom. The first-order chi connectivity index (χ1) is 8.72. The van der Waals surface area contributed by atoms with Gasteiger partial charge >= 0.3 is 0 Å². The molecule has 4 unspecified atom stereocenters. The zero-order valence-corrected chi connectivity index (χ0v) is 12.7. The maximum atomic E-state index is 12.4. The normalized spacial score (nSPS) is 37.2. The summed E-state index contributed by atoms with van der Waals surface area (Å²) in [6, 6.07) is 0.376. The van der Waals surface area contributed by atoms with Crippen molar-refractivity contribution in [3.05, 3.63) is 0 Å². The highest BCUT2D eigenvalue weighted by Gasteiger charge is 2.32. The Hall–Kier alpha value is -0.0900. The lowest BCUT2D eigenvalue weighted by atomic mass is 9.84. The van der Waals surface area contributed by atoms with E-state index in [1.54, 1.807) is 0 Å². The third-order valence-electron chi connectivity index (χ3n) is 4.41. The number of rotatable bonds is 3. The fraction of sp³-hybridized carbons (Fsp3) is 0.929. The molecule has 18 heavy (non-hydrogen) atoms. The van der Waals surface area contributed by atoms with Crippen molar-refractivity contribution in [3.63, 3.8) is 0 Å². The zero-order chi connectivity index (χ0) is 13.0. The van der Waals surface area contributed by atoms with Crippen LogP contribution in [0.3, 0.4) is 0 Å². The first-order valence-electron chi connectivity index (χ1n) is 7.16. The number of halogens is 1. The molecule has 1 saturated carbocycles. The van der Waals surface area contributed by atoms with Crippen molar-refractivity contribution >= 4 is 21.8 Å². The lowest BCUT2D eigenvalue weighted by Gasteiger charge is -2.34. The molecule has 1 N–H and O–H groups in total. The van der Waals surface area contributed by atoms with Crippen LogP contribution in [-0.2, 0) is 9.53 Å². The van der Waals surface area contributed by atoms with Gasteiger partial charge < -0.3 is 10.1 Å². The second-order valence-electron chi connectivity index (χ2n) is 5.76. The van der Waals surface area contributed by atoms with Crippen LogP contribution in [0.25, 0.3) is 0 Å². The summed E-state index contributed by atoms with van der Waals surface area (Å²) in [7, 11) is 0. The van der Waals surface area contributed by atoms with Gasteiger partial charge in [-0.1, -0.05) is 35.7 Å². The molecule has 0 radical (unpaired) electrons. The minimum absolute atomic E-state index is 0.150. The molecule has 104 valence electrons. The summed E-state index contributed by atoms with van der Waals surface area (Å²) in [6.45, 7) is 3.58. The SMILES string of the molecule is CC1COCCC1C(=O)NC1CCCCC1CBr. The second kappa shape index (κ2) is 6.90. The summed E-state index contributed by atoms with van der Waals surface area (Å²) in [4.78, 5) is 12.4. The van der Waals surface area contributed by atoms with Crippen molar-refractivity contribution < 1.29 is 9.53 Å². The highest BCUT2D eigenvalue weighted by atomic mass is 79.9. The number of amides is 1. The van der Waals surface area contributed by atoms with Crippen molar-refractivity contribution in [1.29, 1.82) is 0 Å². The van der Waals surface area contributed by atoms with Gasteiger partial charge in [-0.15, -0.1) is 0 Å². The fourth-order valence-corrected chi connectivity index (χ4v) is 3.92. The van der Waals surface area contributed by atoms with Crippen LogP contribution < -0.4 is 5.32 Å². The maximum absolute atomic E-state index is 12.4. The van der Waals surface area contributed by atoms with E-state index in [-0.39, 0.29) is 11.8 Å². The van der Waals surface area contributed by atoms with Gasteiger partial charge in [-0.3, -0.25) is 4.79 Å². The van der Waals surface area contributed by atoms with Crippen molar-refractivity contribution in [2.75, 3.05) is 18.5 Å². The number of nitrogens with one attached hydrogen (secondary N) is 1. The van der Waals surface area contributed by atoms with E-state index in [2.05, 4.69) is 28.2 Å². The molecule has 4 atom stereocenters. The minimum Gasteiger partial charge on any atom is -0.381 e. The van der Waals surface area contributed by atoms with E-state index < -0.39 is 0 Å². The average molecular weight is 318 g/mol. The molecule has 0 bridgehead atoms. The highest BCUT2D eigenvalue weighted by Crippen LogP contribution is 2.27. The van der Waals surface area contributed by atoms with E-state index in [4.69, 9.17) is 4.74 Å². The summed E-state index contributed by atoms with van der Waals surface area (Å²) < 4.78 is 5.41. The van der Waals surface area contributed by atoms with E-state index in [0.717, 1.165) is 31.4 Å². The molecule has 1 heterocycles. The summed E-state index contributed by atoms with van der Waals surface area (Å²) in [5.74, 6) is 1.36. The topological polar surface area (TPSA) is 38.3 Å². The third kappa shape index (κ3) is 3.47. The van der Waals surface area contributed by atoms with Crippen LogP contribution in [0.15, 0.2) is 0 Å². The molecular formula is C14H24BrNO2. The van der Waals surface area contributed by atoms with Crippen LogP contribution in [0.4, 0.5) is 0 Å². The van der Waals surface area contributed by atoms with Crippen LogP contribution in [0, 0.1) is 17.8 Å². The first kappa shape index (κ1) is 14.3. The molecule has 1 aliphatic carbocycles. The van der Waals surface area contributed by atoms with Gasteiger partial charge in [0.2, 0.25) is 5.91 Å². The van der Waals surface area contributed by atoms with Gasteiger partial charge in [0.25, 0.3) is 0 Å². The van der Waals surface area contributed by atoms with Gasteiger partial charge in [0.1, 0.15) is 0 Å². The predicted octanol–water partition coefficient (Wildman–Crippen LogP) is 2.73. The van der Waals surface area contributed by atoms with Gasteiger partial charge in [0, 0.05) is 30.5 Å². The van der Waals surface area contributed by atoms with Crippen molar-refractivity contribution in [2.24, 2.45) is 17.8 Å². The molecule has 0 aromatic heterocycles. The molecule has 1 amide bonds. The lowest BCUT2D eigenvalue weighted by molar-refractivity contribution is -0.131. The van der Waals surface area contributed by atoms with E-state index in [1.807, 2.05) is 0 Å². The Morgan fingerprint density at radius 3 is 2.83 bits per heavy atom. The molecule has 1 aliphatic heterocycles. The molecule has 2 fully saturated rings. The van der Waals surface area contributed by atoms with E-state index in [9.17, 15) is 4.79 Å². The third-order valence-corrected chi connectivity index (χ3v) is 5.24. The number of hydrogen-bond acceptors (Lipinski definition) is 2. The predicted molar refractivity (Wildman–Crippen MR) is 75.8 cm³/mol. The quantitative estimate of drug-likeness (QED) is 0.813. The number of ether oxygens (including phenoxy) is 1. The average Bonchev–Trinajstić information content (AvgIpc) is 2.39. The smallest absolute Gasteiger partial charge is 0.223 e. The standard InChI is InChI=1S/C14H24BrNO2/c1-10-9-18-7-6-12(10)14(17)16-13-5-3-2-4-11(13)8-15/h10-13H,2-9H2,1H3,(H,16,17). The summed E-state index contributed by atoms with van der Waals surface area (Å²) in [5.41, 5.74) is 0. The van der Waals surface area contributed by atoms with Gasteiger partial charge in [-0.05, 0) is 31.1 Å². The molecule has 1 saturated heterocycles. The second-order valence-corrected chi connectivity index (χ2v) is 6.41. The summed E-state index contributed by atoms with van der Waals surface area (Å²) >= 11 is 3.58. The molecule has 3 nitrogen and oxygen atoms in total. The molecule has 2 rings (SSSR count). The Balaban J connectivity index is 1.88. The number of hydrogen-bond donors (Lipinski definition) is 1. The Kier molecular flexibility index (Phi) is 5.49. The number of carbonyl (C=O) groups excluding carboxylic acids is 1. The molecular weight excluding hydrogens is 294 g/mol. The van der Waals surface area contributed by atoms with Gasteiger partial charge in [0.15, 0.2) is 0 Å². The molecule has 0 spiro atoms. The van der Waals surface area contributed by atoms with Crippen LogP contribution in [0.2, 0.25) is 0 Å². The van der Waals surface area contributed by atoms with E-state index in [0.29, 0.717) is 17.9 Å². The molecule has 4 heteroatoms. The van der Waals surface area contributed by atoms with E-state index in [1.165, 1.54) is 19.3 Å². The molecule has 0 aromatic rings. The van der Waals surface area contributed by atoms with E-state index >= 15 is 0 Å². The molecule has 0 aromatic carbocycles. The molecule has 2 aliphatic rings. The Morgan fingerprint density at radius 1 is 1.33 bits per heavy atom. The van der Waals surface area contributed by atoms with Crippen molar-refractivity contribution in [1.82, 2.24) is 5.32 Å². The summed E-state index contributed by atoms with van der Waals surface area (Å²) in [5, 5.41) is 4.30. The van der Waals surface area contributed by atoms with Gasteiger partial charge in [0.05, 0.1) is 0 Å². The number of carbonyl (C=O) groups is 1. The van der Waals surface area contributed by atoms with Crippen LogP contribution >= 0.6 is 15.9 Å². The monoisotopic (exact) mass is 317 g/mol.